The minimum Gasteiger partial charge on any atom is -0.466 e. The summed E-state index contributed by atoms with van der Waals surface area (Å²) in [7, 11) is 1.29. The van der Waals surface area contributed by atoms with Crippen LogP contribution in [0.15, 0.2) is 41.6 Å². The molecule has 0 fully saturated rings. The quantitative estimate of drug-likeness (QED) is 0.843. The molecule has 1 heterocycles. The molecule has 1 N–H and O–H groups in total. The van der Waals surface area contributed by atoms with Crippen molar-refractivity contribution in [1.82, 2.24) is 4.90 Å². The van der Waals surface area contributed by atoms with Gasteiger partial charge in [0.1, 0.15) is 0 Å². The summed E-state index contributed by atoms with van der Waals surface area (Å²) in [5, 5.41) is 9.62. The zero-order valence-corrected chi connectivity index (χ0v) is 11.5. The first-order chi connectivity index (χ1) is 9.60. The van der Waals surface area contributed by atoms with Gasteiger partial charge in [-0.15, -0.1) is 0 Å². The number of aliphatic hydroxyl groups is 1. The number of hydrogen-bond acceptors (Lipinski definition) is 4. The molecule has 2 rings (SSSR count). The largest absolute Gasteiger partial charge is 0.466 e. The molecule has 5 nitrogen and oxygen atoms in total. The number of carbonyl (C=O) groups excluding carboxylic acids is 2. The number of esters is 1. The van der Waals surface area contributed by atoms with Gasteiger partial charge in [0.2, 0.25) is 5.91 Å². The molecule has 0 saturated carbocycles. The number of amides is 1. The van der Waals surface area contributed by atoms with Crippen LogP contribution in [0.3, 0.4) is 0 Å². The molecule has 1 aromatic carbocycles. The van der Waals surface area contributed by atoms with Gasteiger partial charge >= 0.3 is 5.97 Å². The fourth-order valence-corrected chi connectivity index (χ4v) is 2.46. The van der Waals surface area contributed by atoms with Crippen LogP contribution in [0.25, 0.3) is 0 Å². The molecule has 0 aliphatic carbocycles. The van der Waals surface area contributed by atoms with Crippen LogP contribution in [0.2, 0.25) is 0 Å². The topological polar surface area (TPSA) is 66.8 Å². The van der Waals surface area contributed by atoms with Crippen molar-refractivity contribution in [2.45, 2.75) is 19.4 Å². The van der Waals surface area contributed by atoms with Crippen LogP contribution < -0.4 is 0 Å². The molecule has 1 atom stereocenters. The Morgan fingerprint density at radius 3 is 2.60 bits per heavy atom. The van der Waals surface area contributed by atoms with Crippen molar-refractivity contribution < 1.29 is 19.4 Å². The lowest BCUT2D eigenvalue weighted by Crippen LogP contribution is -2.31. The third-order valence-electron chi connectivity index (χ3n) is 3.50. The van der Waals surface area contributed by atoms with E-state index in [4.69, 9.17) is 0 Å². The van der Waals surface area contributed by atoms with Gasteiger partial charge in [-0.05, 0) is 12.5 Å². The summed E-state index contributed by atoms with van der Waals surface area (Å²) >= 11 is 0. The minimum absolute atomic E-state index is 0.0157. The fraction of sp³-hybridized carbons (Fsp3) is 0.333. The van der Waals surface area contributed by atoms with Gasteiger partial charge in [0.05, 0.1) is 31.8 Å². The average Bonchev–Trinajstić information content (AvgIpc) is 2.77. The van der Waals surface area contributed by atoms with E-state index in [0.29, 0.717) is 11.3 Å². The number of allylic oxidation sites excluding steroid dienone is 1. The highest BCUT2D eigenvalue weighted by molar-refractivity contribution is 6.00. The second kappa shape index (κ2) is 5.88. The van der Waals surface area contributed by atoms with Gasteiger partial charge in [-0.3, -0.25) is 4.79 Å². The van der Waals surface area contributed by atoms with Crippen LogP contribution in [0.1, 0.15) is 24.9 Å². The zero-order chi connectivity index (χ0) is 14.7. The van der Waals surface area contributed by atoms with Crippen LogP contribution >= 0.6 is 0 Å². The molecule has 0 aromatic heterocycles. The van der Waals surface area contributed by atoms with Gasteiger partial charge in [-0.2, -0.15) is 0 Å². The predicted octanol–water partition coefficient (Wildman–Crippen LogP) is 1.40. The normalized spacial score (nSPS) is 16.6. The lowest BCUT2D eigenvalue weighted by Gasteiger charge is -2.28. The molecule has 0 saturated heterocycles. The summed E-state index contributed by atoms with van der Waals surface area (Å²) in [5.41, 5.74) is 1.73. The average molecular weight is 275 g/mol. The second-order valence-corrected chi connectivity index (χ2v) is 4.61. The second-order valence-electron chi connectivity index (χ2n) is 4.61. The molecule has 0 bridgehead atoms. The van der Waals surface area contributed by atoms with E-state index in [0.717, 1.165) is 5.56 Å². The fourth-order valence-electron chi connectivity index (χ4n) is 2.46. The molecular weight excluding hydrogens is 258 g/mol. The Labute approximate surface area is 117 Å². The van der Waals surface area contributed by atoms with Crippen molar-refractivity contribution in [3.05, 3.63) is 47.2 Å². The summed E-state index contributed by atoms with van der Waals surface area (Å²) in [6.45, 7) is 1.49. The summed E-state index contributed by atoms with van der Waals surface area (Å²) in [5.74, 6) is -0.700. The van der Waals surface area contributed by atoms with Crippen molar-refractivity contribution >= 4 is 11.9 Å². The molecule has 0 unspecified atom stereocenters. The van der Waals surface area contributed by atoms with Crippen LogP contribution in [0.4, 0.5) is 0 Å². The van der Waals surface area contributed by atoms with Gasteiger partial charge in [-0.1, -0.05) is 30.3 Å². The van der Waals surface area contributed by atoms with Crippen molar-refractivity contribution in [2.24, 2.45) is 0 Å². The zero-order valence-electron chi connectivity index (χ0n) is 11.5. The highest BCUT2D eigenvalue weighted by atomic mass is 16.5. The number of benzene rings is 1. The smallest absolute Gasteiger partial charge is 0.336 e. The Morgan fingerprint density at radius 1 is 1.40 bits per heavy atom. The maximum Gasteiger partial charge on any atom is 0.336 e. The van der Waals surface area contributed by atoms with E-state index < -0.39 is 12.0 Å². The van der Waals surface area contributed by atoms with E-state index in [1.807, 2.05) is 30.3 Å². The Balaban J connectivity index is 2.37. The van der Waals surface area contributed by atoms with Gasteiger partial charge in [0, 0.05) is 5.70 Å². The van der Waals surface area contributed by atoms with Crippen molar-refractivity contribution in [2.75, 3.05) is 13.7 Å². The Kier molecular flexibility index (Phi) is 4.20. The highest BCUT2D eigenvalue weighted by Gasteiger charge is 2.36. The first-order valence-electron chi connectivity index (χ1n) is 6.36. The molecule has 106 valence electrons. The standard InChI is InChI=1S/C15H17NO4/c1-10-12(15(19)20-2)8-14(18)16(10)13(9-17)11-6-4-3-5-7-11/h3-7,13,17H,8-9H2,1-2H3/t13-/m0/s1. The van der Waals surface area contributed by atoms with Crippen molar-refractivity contribution in [3.8, 4) is 0 Å². The van der Waals surface area contributed by atoms with Crippen LogP contribution in [-0.2, 0) is 14.3 Å². The maximum atomic E-state index is 12.2. The van der Waals surface area contributed by atoms with Crippen molar-refractivity contribution in [1.29, 1.82) is 0 Å². The number of aliphatic hydroxyl groups excluding tert-OH is 1. The van der Waals surface area contributed by atoms with E-state index in [2.05, 4.69) is 4.74 Å². The molecular formula is C15H17NO4. The van der Waals surface area contributed by atoms with Gasteiger partial charge in [0.25, 0.3) is 0 Å². The third kappa shape index (κ3) is 2.44. The van der Waals surface area contributed by atoms with Crippen LogP contribution in [0, 0.1) is 0 Å². The Bertz CT molecular complexity index is 550. The van der Waals surface area contributed by atoms with Crippen LogP contribution in [-0.4, -0.2) is 35.6 Å². The minimum atomic E-state index is -0.497. The van der Waals surface area contributed by atoms with E-state index >= 15 is 0 Å². The number of methoxy groups -OCH3 is 1. The van der Waals surface area contributed by atoms with Gasteiger partial charge in [-0.25, -0.2) is 4.79 Å². The summed E-state index contributed by atoms with van der Waals surface area (Å²) in [6.07, 6.45) is 0.0157. The first kappa shape index (κ1) is 14.3. The SMILES string of the molecule is COC(=O)C1=C(C)N([C@@H](CO)c2ccccc2)C(=O)C1. The first-order valence-corrected chi connectivity index (χ1v) is 6.36. The maximum absolute atomic E-state index is 12.2. The summed E-state index contributed by atoms with van der Waals surface area (Å²) in [6, 6.07) is 8.77. The molecule has 20 heavy (non-hydrogen) atoms. The molecule has 1 aliphatic heterocycles. The Hall–Kier alpha value is -2.14. The monoisotopic (exact) mass is 275 g/mol. The van der Waals surface area contributed by atoms with E-state index in [1.165, 1.54) is 12.0 Å². The third-order valence-corrected chi connectivity index (χ3v) is 3.50. The van der Waals surface area contributed by atoms with Gasteiger partial charge in [0.15, 0.2) is 0 Å². The van der Waals surface area contributed by atoms with Gasteiger partial charge < -0.3 is 14.7 Å². The molecule has 0 spiro atoms. The van der Waals surface area contributed by atoms with E-state index in [1.54, 1.807) is 6.92 Å². The lowest BCUT2D eigenvalue weighted by molar-refractivity contribution is -0.137. The predicted molar refractivity (Wildman–Crippen MR) is 72.4 cm³/mol. The molecule has 1 amide bonds. The number of hydrogen-bond donors (Lipinski definition) is 1. The molecule has 0 radical (unpaired) electrons. The summed E-state index contributed by atoms with van der Waals surface area (Å²) < 4.78 is 4.68. The van der Waals surface area contributed by atoms with Crippen molar-refractivity contribution in [3.63, 3.8) is 0 Å². The summed E-state index contributed by atoms with van der Waals surface area (Å²) in [4.78, 5) is 25.3. The molecule has 1 aliphatic rings. The van der Waals surface area contributed by atoms with E-state index in [-0.39, 0.29) is 18.9 Å². The Morgan fingerprint density at radius 2 is 2.05 bits per heavy atom. The number of ether oxygens (including phenoxy) is 1. The molecule has 1 aromatic rings. The molecule has 5 heteroatoms. The van der Waals surface area contributed by atoms with E-state index in [9.17, 15) is 14.7 Å². The highest BCUT2D eigenvalue weighted by Crippen LogP contribution is 2.33. The van der Waals surface area contributed by atoms with Crippen LogP contribution in [0.5, 0.6) is 0 Å². The number of carbonyl (C=O) groups is 2. The lowest BCUT2D eigenvalue weighted by atomic mass is 10.1. The number of rotatable bonds is 4. The number of nitrogens with zero attached hydrogens (tertiary/aromatic N) is 1.